The Balaban J connectivity index is 1.21. The summed E-state index contributed by atoms with van der Waals surface area (Å²) in [6.45, 7) is 2.50. The Morgan fingerprint density at radius 3 is 2.48 bits per heavy atom. The lowest BCUT2D eigenvalue weighted by atomic mass is 10.0. The van der Waals surface area contributed by atoms with Crippen LogP contribution in [0.5, 0.6) is 0 Å². The van der Waals surface area contributed by atoms with E-state index < -0.39 is 6.04 Å². The molecule has 1 aromatic carbocycles. The van der Waals surface area contributed by atoms with E-state index in [1.54, 1.807) is 34.0 Å². The Morgan fingerprint density at radius 2 is 1.83 bits per heavy atom. The first kappa shape index (κ1) is 27.4. The monoisotopic (exact) mass is 580 g/mol. The van der Waals surface area contributed by atoms with Gasteiger partial charge in [0.05, 0.1) is 30.0 Å². The van der Waals surface area contributed by atoms with Crippen molar-refractivity contribution < 1.29 is 4.79 Å². The van der Waals surface area contributed by atoms with E-state index in [9.17, 15) is 10.1 Å². The zero-order valence-corrected chi connectivity index (χ0v) is 24.3. The van der Waals surface area contributed by atoms with E-state index in [0.29, 0.717) is 53.7 Å². The third kappa shape index (κ3) is 5.18. The molecule has 42 heavy (non-hydrogen) atoms. The van der Waals surface area contributed by atoms with Crippen molar-refractivity contribution >= 4 is 28.8 Å². The van der Waals surface area contributed by atoms with Crippen molar-refractivity contribution in [2.75, 3.05) is 45.2 Å². The second-order valence-electron chi connectivity index (χ2n) is 10.5. The van der Waals surface area contributed by atoms with Crippen molar-refractivity contribution in [3.8, 4) is 28.6 Å². The molecule has 5 heterocycles. The second kappa shape index (κ2) is 11.2. The molecule has 1 fully saturated rings. The highest BCUT2D eigenvalue weighted by Gasteiger charge is 2.30. The van der Waals surface area contributed by atoms with Gasteiger partial charge in [0, 0.05) is 61.8 Å². The first-order valence-corrected chi connectivity index (χ1v) is 13.9. The maximum Gasteiger partial charge on any atom is 0.244 e. The topological polar surface area (TPSA) is 111 Å². The van der Waals surface area contributed by atoms with E-state index in [0.717, 1.165) is 22.5 Å². The summed E-state index contributed by atoms with van der Waals surface area (Å²) < 4.78 is 3.39. The molecule has 0 N–H and O–H groups in total. The van der Waals surface area contributed by atoms with Crippen molar-refractivity contribution in [3.05, 3.63) is 83.5 Å². The first-order valence-electron chi connectivity index (χ1n) is 13.5. The van der Waals surface area contributed by atoms with Gasteiger partial charge >= 0.3 is 0 Å². The molecule has 1 atom stereocenters. The number of nitrogens with zero attached hydrogens (tertiary/aromatic N) is 10. The zero-order chi connectivity index (χ0) is 29.4. The van der Waals surface area contributed by atoms with E-state index >= 15 is 0 Å². The van der Waals surface area contributed by atoms with Gasteiger partial charge in [0.2, 0.25) is 5.91 Å². The molecule has 5 aromatic rings. The number of pyridine rings is 1. The fourth-order valence-electron chi connectivity index (χ4n) is 5.37. The van der Waals surface area contributed by atoms with Crippen LogP contribution in [0.25, 0.3) is 28.0 Å². The predicted molar refractivity (Wildman–Crippen MR) is 160 cm³/mol. The Hall–Kier alpha value is -4.79. The highest BCUT2D eigenvalue weighted by molar-refractivity contribution is 6.30. The summed E-state index contributed by atoms with van der Waals surface area (Å²) in [6, 6.07) is 13.2. The van der Waals surface area contributed by atoms with Gasteiger partial charge in [-0.15, -0.1) is 0 Å². The minimum absolute atomic E-state index is 0.0583. The van der Waals surface area contributed by atoms with Gasteiger partial charge in [-0.1, -0.05) is 23.7 Å². The molecule has 12 heteroatoms. The van der Waals surface area contributed by atoms with Crippen LogP contribution in [0.4, 0.5) is 5.82 Å². The van der Waals surface area contributed by atoms with Crippen LogP contribution in [0, 0.1) is 11.3 Å². The van der Waals surface area contributed by atoms with Crippen LogP contribution in [0.2, 0.25) is 5.02 Å². The Kier molecular flexibility index (Phi) is 7.33. The molecule has 0 aliphatic carbocycles. The maximum absolute atomic E-state index is 13.5. The Bertz CT molecular complexity index is 1800. The lowest BCUT2D eigenvalue weighted by Crippen LogP contribution is -2.51. The summed E-state index contributed by atoms with van der Waals surface area (Å²) in [6.07, 6.45) is 8.75. The largest absolute Gasteiger partial charge is 0.353 e. The summed E-state index contributed by atoms with van der Waals surface area (Å²) in [7, 11) is 5.66. The summed E-state index contributed by atoms with van der Waals surface area (Å²) in [5.74, 6) is 0.876. The first-order chi connectivity index (χ1) is 20.3. The van der Waals surface area contributed by atoms with Crippen molar-refractivity contribution in [1.82, 2.24) is 39.2 Å². The molecule has 212 valence electrons. The molecule has 0 bridgehead atoms. The molecular formula is C30H29ClN10O. The third-order valence-electron chi connectivity index (χ3n) is 7.47. The average Bonchev–Trinajstić information content (AvgIpc) is 3.63. The lowest BCUT2D eigenvalue weighted by molar-refractivity contribution is -0.136. The number of hydrogen-bond acceptors (Lipinski definition) is 8. The summed E-state index contributed by atoms with van der Waals surface area (Å²) in [4.78, 5) is 29.2. The van der Waals surface area contributed by atoms with Crippen molar-refractivity contribution in [3.63, 3.8) is 0 Å². The number of rotatable bonds is 6. The molecule has 4 aromatic heterocycles. The van der Waals surface area contributed by atoms with Crippen LogP contribution in [0.3, 0.4) is 0 Å². The predicted octanol–water partition coefficient (Wildman–Crippen LogP) is 3.67. The zero-order valence-electron chi connectivity index (χ0n) is 23.5. The molecule has 11 nitrogen and oxygen atoms in total. The minimum Gasteiger partial charge on any atom is -0.353 e. The molecule has 1 amide bonds. The van der Waals surface area contributed by atoms with Crippen LogP contribution in [-0.4, -0.2) is 85.3 Å². The molecule has 0 spiro atoms. The number of likely N-dealkylation sites (N-methyl/N-ethyl adjacent to an activating group) is 1. The van der Waals surface area contributed by atoms with Crippen LogP contribution >= 0.6 is 11.6 Å². The number of piperazine rings is 1. The number of aromatic nitrogens is 6. The van der Waals surface area contributed by atoms with Gasteiger partial charge in [-0.25, -0.2) is 14.5 Å². The summed E-state index contributed by atoms with van der Waals surface area (Å²) in [5.41, 5.74) is 4.88. The van der Waals surface area contributed by atoms with Crippen LogP contribution in [0.1, 0.15) is 17.2 Å². The van der Waals surface area contributed by atoms with Gasteiger partial charge in [-0.05, 0) is 43.9 Å². The number of fused-ring (bicyclic) bond motifs is 1. The number of nitriles is 1. The molecule has 1 aliphatic rings. The van der Waals surface area contributed by atoms with E-state index in [4.69, 9.17) is 21.6 Å². The molecule has 1 aliphatic heterocycles. The third-order valence-corrected chi connectivity index (χ3v) is 7.70. The molecule has 0 unspecified atom stereocenters. The number of halogens is 1. The number of benzene rings is 1. The Labute approximate surface area is 248 Å². The number of carbonyl (C=O) groups is 1. The van der Waals surface area contributed by atoms with Crippen LogP contribution in [0.15, 0.2) is 67.4 Å². The summed E-state index contributed by atoms with van der Waals surface area (Å²) in [5, 5.41) is 19.0. The van der Waals surface area contributed by atoms with Gasteiger partial charge in [0.1, 0.15) is 29.0 Å². The Morgan fingerprint density at radius 1 is 1.02 bits per heavy atom. The summed E-state index contributed by atoms with van der Waals surface area (Å²) >= 11 is 6.21. The number of carbonyl (C=O) groups excluding carboxylic acids is 1. The lowest BCUT2D eigenvalue weighted by Gasteiger charge is -2.38. The fraction of sp³-hybridized carbons (Fsp3) is 0.267. The van der Waals surface area contributed by atoms with Gasteiger partial charge in [0.15, 0.2) is 0 Å². The number of amides is 1. The van der Waals surface area contributed by atoms with Crippen LogP contribution in [-0.2, 0) is 11.8 Å². The van der Waals surface area contributed by atoms with E-state index in [2.05, 4.69) is 21.2 Å². The molecular weight excluding hydrogens is 552 g/mol. The molecule has 6 rings (SSSR count). The highest BCUT2D eigenvalue weighted by atomic mass is 35.5. The molecule has 1 saturated heterocycles. The molecule has 0 saturated carbocycles. The number of anilines is 1. The fourth-order valence-corrected chi connectivity index (χ4v) is 5.57. The normalized spacial score (nSPS) is 14.4. The average molecular weight is 581 g/mol. The minimum atomic E-state index is -0.402. The standard InChI is InChI=1S/C30H29ClN10O/c1-37(2)29(20-5-4-6-24(31)13-20)30(42)40-11-9-39(10-12-40)26-8-7-21(15-33-26)27-28-22(14-32)16-35-41(28)19-25(36-27)23-17-34-38(3)18-23/h4-8,13,15-19,29H,9-12H2,1-3H3/t29-/m0/s1. The SMILES string of the molecule is CN(C)[C@H](C(=O)N1CCN(c2ccc(-c3nc(-c4cnn(C)c4)cn4ncc(C#N)c34)cn2)CC1)c1cccc(Cl)c1. The van der Waals surface area contributed by atoms with Crippen molar-refractivity contribution in [1.29, 1.82) is 5.26 Å². The van der Waals surface area contributed by atoms with Crippen LogP contribution < -0.4 is 4.90 Å². The molecule has 0 radical (unpaired) electrons. The smallest absolute Gasteiger partial charge is 0.244 e. The van der Waals surface area contributed by atoms with E-state index in [1.165, 1.54) is 0 Å². The van der Waals surface area contributed by atoms with E-state index in [-0.39, 0.29) is 5.91 Å². The number of hydrogen-bond donors (Lipinski definition) is 0. The van der Waals surface area contributed by atoms with Gasteiger partial charge in [0.25, 0.3) is 0 Å². The van der Waals surface area contributed by atoms with Crippen molar-refractivity contribution in [2.45, 2.75) is 6.04 Å². The number of aryl methyl sites for hydroxylation is 1. The van der Waals surface area contributed by atoms with Gasteiger partial charge < -0.3 is 9.80 Å². The van der Waals surface area contributed by atoms with Crippen molar-refractivity contribution in [2.24, 2.45) is 7.05 Å². The maximum atomic E-state index is 13.5. The highest BCUT2D eigenvalue weighted by Crippen LogP contribution is 2.30. The van der Waals surface area contributed by atoms with E-state index in [1.807, 2.05) is 73.5 Å². The van der Waals surface area contributed by atoms with Gasteiger partial charge in [-0.3, -0.25) is 14.4 Å². The van der Waals surface area contributed by atoms with Gasteiger partial charge in [-0.2, -0.15) is 15.5 Å². The quantitative estimate of drug-likeness (QED) is 0.299. The second-order valence-corrected chi connectivity index (χ2v) is 10.9.